The Morgan fingerprint density at radius 2 is 1.76 bits per heavy atom. The summed E-state index contributed by atoms with van der Waals surface area (Å²) in [6.45, 7) is 1.36. The van der Waals surface area contributed by atoms with Gasteiger partial charge in [0.05, 0.1) is 11.7 Å². The summed E-state index contributed by atoms with van der Waals surface area (Å²) in [7, 11) is 0. The van der Waals surface area contributed by atoms with E-state index in [0.717, 1.165) is 9.80 Å². The number of aliphatic hydroxyl groups is 1. The number of allylic oxidation sites excluding steroid dienone is 2. The van der Waals surface area contributed by atoms with Crippen molar-refractivity contribution in [3.63, 3.8) is 0 Å². The molecule has 0 bridgehead atoms. The third-order valence-electron chi connectivity index (χ3n) is 4.58. The summed E-state index contributed by atoms with van der Waals surface area (Å²) < 4.78 is 0. The zero-order valence-corrected chi connectivity index (χ0v) is 16.8. The second-order valence-corrected chi connectivity index (χ2v) is 7.88. The molecule has 0 amide bonds. The number of hydroxylamine groups is 1. The maximum Gasteiger partial charge on any atom is 0.356 e. The van der Waals surface area contributed by atoms with Crippen LogP contribution in [-0.4, -0.2) is 29.0 Å². The molecule has 0 spiro atoms. The predicted octanol–water partition coefficient (Wildman–Crippen LogP) is 3.92. The number of Topliss-reactive ketones (excluding diaryl/α,β-unsaturated/α-hetero) is 1. The van der Waals surface area contributed by atoms with Gasteiger partial charge in [0.15, 0.2) is 5.78 Å². The molecule has 3 rings (SSSR count). The van der Waals surface area contributed by atoms with Crippen LogP contribution in [0.1, 0.15) is 23.7 Å². The molecule has 5 nitrogen and oxygen atoms in total. The van der Waals surface area contributed by atoms with Crippen LogP contribution in [0.2, 0.25) is 0 Å². The maximum atomic E-state index is 12.1. The van der Waals surface area contributed by atoms with Gasteiger partial charge in [-0.2, -0.15) is 0 Å². The lowest BCUT2D eigenvalue weighted by Crippen LogP contribution is -2.48. The molecule has 0 fully saturated rings. The highest BCUT2D eigenvalue weighted by Crippen LogP contribution is 2.32. The van der Waals surface area contributed by atoms with Crippen LogP contribution in [0.4, 0.5) is 0 Å². The van der Waals surface area contributed by atoms with Crippen LogP contribution in [0, 0.1) is 5.92 Å². The van der Waals surface area contributed by atoms with Gasteiger partial charge in [-0.15, -0.1) is 5.48 Å². The van der Waals surface area contributed by atoms with E-state index in [9.17, 15) is 14.7 Å². The second-order valence-electron chi connectivity index (χ2n) is 6.73. The quantitative estimate of drug-likeness (QED) is 0.644. The molecule has 0 saturated carbocycles. The molecule has 2 aromatic carbocycles. The second kappa shape index (κ2) is 10.2. The largest absolute Gasteiger partial charge is 0.390 e. The van der Waals surface area contributed by atoms with Crippen LogP contribution in [-0.2, 0) is 9.63 Å². The monoisotopic (exact) mass is 409 g/mol. The Hall–Kier alpha value is -2.67. The van der Waals surface area contributed by atoms with Crippen molar-refractivity contribution in [1.29, 1.82) is 0 Å². The number of rotatable bonds is 8. The molecule has 29 heavy (non-hydrogen) atoms. The standard InChI is InChI=1S/C23H23NO4S/c1-16(25)21(24-28-23(27)18-8-4-2-5-9-18)22(26)17-12-14-20(15-13-17)29-19-10-6-3-7-11-19/h2-12,14-15,17,21-22,24,26H,13H2,1H3. The zero-order valence-electron chi connectivity index (χ0n) is 16.0. The number of thioether (sulfide) groups is 1. The van der Waals surface area contributed by atoms with Gasteiger partial charge in [0, 0.05) is 15.7 Å². The first-order valence-electron chi connectivity index (χ1n) is 9.36. The number of nitrogens with one attached hydrogen (secondary N) is 1. The lowest BCUT2D eigenvalue weighted by Gasteiger charge is -2.27. The summed E-state index contributed by atoms with van der Waals surface area (Å²) in [5, 5.41) is 10.7. The third kappa shape index (κ3) is 5.90. The Bertz CT molecular complexity index is 896. The molecule has 6 heteroatoms. The molecule has 3 atom stereocenters. The minimum absolute atomic E-state index is 0.257. The number of benzene rings is 2. The first kappa shape index (κ1) is 21.0. The van der Waals surface area contributed by atoms with Gasteiger partial charge >= 0.3 is 5.97 Å². The molecule has 2 N–H and O–H groups in total. The van der Waals surface area contributed by atoms with Crippen molar-refractivity contribution in [2.75, 3.05) is 0 Å². The smallest absolute Gasteiger partial charge is 0.356 e. The van der Waals surface area contributed by atoms with E-state index in [0.29, 0.717) is 12.0 Å². The number of aliphatic hydroxyl groups excluding tert-OH is 1. The average Bonchev–Trinajstić information content (AvgIpc) is 2.75. The molecule has 0 heterocycles. The number of hydrogen-bond acceptors (Lipinski definition) is 6. The van der Waals surface area contributed by atoms with Crippen molar-refractivity contribution in [3.05, 3.63) is 89.4 Å². The molecule has 1 aliphatic rings. The summed E-state index contributed by atoms with van der Waals surface area (Å²) in [6.07, 6.45) is 5.45. The Morgan fingerprint density at radius 3 is 2.34 bits per heavy atom. The fraction of sp³-hybridized carbons (Fsp3) is 0.217. The minimum atomic E-state index is -1.02. The van der Waals surface area contributed by atoms with E-state index in [4.69, 9.17) is 4.84 Å². The van der Waals surface area contributed by atoms with Gasteiger partial charge in [0.25, 0.3) is 0 Å². The van der Waals surface area contributed by atoms with E-state index in [-0.39, 0.29) is 11.7 Å². The normalized spacial score (nSPS) is 17.9. The van der Waals surface area contributed by atoms with E-state index in [1.165, 1.54) is 6.92 Å². The fourth-order valence-electron chi connectivity index (χ4n) is 2.96. The fourth-order valence-corrected chi connectivity index (χ4v) is 3.85. The Morgan fingerprint density at radius 1 is 1.10 bits per heavy atom. The maximum absolute atomic E-state index is 12.1. The molecule has 0 aromatic heterocycles. The van der Waals surface area contributed by atoms with Crippen LogP contribution in [0.15, 0.2) is 88.7 Å². The van der Waals surface area contributed by atoms with E-state index < -0.39 is 18.1 Å². The van der Waals surface area contributed by atoms with Crippen molar-refractivity contribution < 1.29 is 19.5 Å². The van der Waals surface area contributed by atoms with Crippen LogP contribution < -0.4 is 5.48 Å². The Balaban J connectivity index is 1.57. The van der Waals surface area contributed by atoms with Gasteiger partial charge in [-0.3, -0.25) is 4.79 Å². The molecule has 3 unspecified atom stereocenters. The van der Waals surface area contributed by atoms with Crippen molar-refractivity contribution in [2.45, 2.75) is 30.4 Å². The molecule has 2 aromatic rings. The summed E-state index contributed by atoms with van der Waals surface area (Å²) in [4.78, 5) is 31.4. The van der Waals surface area contributed by atoms with Crippen molar-refractivity contribution in [3.8, 4) is 0 Å². The highest BCUT2D eigenvalue weighted by atomic mass is 32.2. The van der Waals surface area contributed by atoms with E-state index in [1.807, 2.05) is 48.6 Å². The van der Waals surface area contributed by atoms with Crippen LogP contribution in [0.25, 0.3) is 0 Å². The van der Waals surface area contributed by atoms with Gasteiger partial charge in [-0.25, -0.2) is 4.79 Å². The number of hydrogen-bond donors (Lipinski definition) is 2. The number of carbonyl (C=O) groups is 2. The SMILES string of the molecule is CC(=O)C(NOC(=O)c1ccccc1)C(O)C1C=CC(Sc2ccccc2)=CC1. The van der Waals surface area contributed by atoms with Crippen molar-refractivity contribution in [1.82, 2.24) is 5.48 Å². The van der Waals surface area contributed by atoms with Crippen LogP contribution in [0.5, 0.6) is 0 Å². The average molecular weight is 410 g/mol. The third-order valence-corrected chi connectivity index (χ3v) is 5.63. The first-order chi connectivity index (χ1) is 14.0. The summed E-state index contributed by atoms with van der Waals surface area (Å²) >= 11 is 1.65. The van der Waals surface area contributed by atoms with Crippen LogP contribution in [0.3, 0.4) is 0 Å². The number of carbonyl (C=O) groups excluding carboxylic acids is 2. The minimum Gasteiger partial charge on any atom is -0.390 e. The molecular weight excluding hydrogens is 386 g/mol. The van der Waals surface area contributed by atoms with Gasteiger partial charge in [-0.1, -0.05) is 66.4 Å². The van der Waals surface area contributed by atoms with Crippen LogP contribution >= 0.6 is 11.8 Å². The topological polar surface area (TPSA) is 75.6 Å². The molecule has 150 valence electrons. The Kier molecular flexibility index (Phi) is 7.41. The summed E-state index contributed by atoms with van der Waals surface area (Å²) in [5.74, 6) is -1.17. The first-order valence-corrected chi connectivity index (χ1v) is 10.2. The Labute approximate surface area is 174 Å². The van der Waals surface area contributed by atoms with Crippen molar-refractivity contribution >= 4 is 23.5 Å². The van der Waals surface area contributed by atoms with E-state index in [1.54, 1.807) is 42.1 Å². The van der Waals surface area contributed by atoms with Gasteiger partial charge in [0.2, 0.25) is 0 Å². The molecule has 0 aliphatic heterocycles. The van der Waals surface area contributed by atoms with Gasteiger partial charge in [0.1, 0.15) is 6.04 Å². The predicted molar refractivity (Wildman–Crippen MR) is 113 cm³/mol. The lowest BCUT2D eigenvalue weighted by molar-refractivity contribution is -0.126. The summed E-state index contributed by atoms with van der Waals surface area (Å²) in [6, 6.07) is 17.5. The van der Waals surface area contributed by atoms with E-state index in [2.05, 4.69) is 5.48 Å². The molecular formula is C23H23NO4S. The zero-order chi connectivity index (χ0) is 20.6. The van der Waals surface area contributed by atoms with Crippen molar-refractivity contribution in [2.24, 2.45) is 5.92 Å². The molecule has 0 radical (unpaired) electrons. The van der Waals surface area contributed by atoms with E-state index >= 15 is 0 Å². The molecule has 1 aliphatic carbocycles. The highest BCUT2D eigenvalue weighted by Gasteiger charge is 2.31. The molecule has 0 saturated heterocycles. The van der Waals surface area contributed by atoms with Gasteiger partial charge in [-0.05, 0) is 37.6 Å². The van der Waals surface area contributed by atoms with Gasteiger partial charge < -0.3 is 9.94 Å². The lowest BCUT2D eigenvalue weighted by atomic mass is 9.89. The summed E-state index contributed by atoms with van der Waals surface area (Å²) in [5.41, 5.74) is 2.82. The highest BCUT2D eigenvalue weighted by molar-refractivity contribution is 8.03. The number of ketones is 1.